The standard InChI is InChI=1S/C22H32N4OS/c1-14(2)12-25(4)18-9-16-7-8-26(13-17(16)10-18)22(27)20-11-19(23-24-20)21-6-5-15(3)28-21/h5-6,11,14,16-18H,7-10,12-13H2,1-4H3,(H,23,24)/t16-,17-,18+/m1/s1. The molecule has 2 aromatic rings. The van der Waals surface area contributed by atoms with Crippen molar-refractivity contribution in [3.8, 4) is 10.6 Å². The van der Waals surface area contributed by atoms with Crippen LogP contribution in [0.25, 0.3) is 10.6 Å². The first-order valence-electron chi connectivity index (χ1n) is 10.5. The van der Waals surface area contributed by atoms with E-state index in [4.69, 9.17) is 0 Å². The van der Waals surface area contributed by atoms with Crippen molar-refractivity contribution in [2.75, 3.05) is 26.7 Å². The lowest BCUT2D eigenvalue weighted by atomic mass is 9.88. The van der Waals surface area contributed by atoms with Crippen LogP contribution in [0.15, 0.2) is 18.2 Å². The van der Waals surface area contributed by atoms with E-state index in [1.165, 1.54) is 17.7 Å². The van der Waals surface area contributed by atoms with Gasteiger partial charge in [-0.25, -0.2) is 0 Å². The lowest BCUT2D eigenvalue weighted by Gasteiger charge is -2.34. The number of aryl methyl sites for hydroxylation is 1. The molecule has 2 fully saturated rings. The average Bonchev–Trinajstić information content (AvgIpc) is 3.38. The summed E-state index contributed by atoms with van der Waals surface area (Å²) in [6.07, 6.45) is 3.64. The van der Waals surface area contributed by atoms with Gasteiger partial charge >= 0.3 is 0 Å². The van der Waals surface area contributed by atoms with Gasteiger partial charge in [0.15, 0.2) is 5.69 Å². The fourth-order valence-electron chi connectivity index (χ4n) is 5.02. The SMILES string of the molecule is Cc1ccc(-c2cc(C(=O)N3CC[C@@H]4C[C@H](N(C)CC(C)C)C[C@@H]4C3)n[nH]2)s1. The smallest absolute Gasteiger partial charge is 0.274 e. The van der Waals surface area contributed by atoms with E-state index in [1.807, 2.05) is 11.0 Å². The van der Waals surface area contributed by atoms with E-state index in [9.17, 15) is 4.79 Å². The summed E-state index contributed by atoms with van der Waals surface area (Å²) in [6, 6.07) is 6.76. The molecular weight excluding hydrogens is 368 g/mol. The molecule has 0 radical (unpaired) electrons. The molecule has 2 aromatic heterocycles. The van der Waals surface area contributed by atoms with Gasteiger partial charge in [0.2, 0.25) is 0 Å². The zero-order valence-corrected chi connectivity index (χ0v) is 18.3. The average molecular weight is 401 g/mol. The Hall–Kier alpha value is -1.66. The Balaban J connectivity index is 1.39. The highest BCUT2D eigenvalue weighted by atomic mass is 32.1. The number of nitrogens with one attached hydrogen (secondary N) is 1. The molecule has 28 heavy (non-hydrogen) atoms. The molecular formula is C22H32N4OS. The molecule has 2 aliphatic rings. The molecule has 5 nitrogen and oxygen atoms in total. The molecule has 1 aliphatic heterocycles. The van der Waals surface area contributed by atoms with E-state index >= 15 is 0 Å². The van der Waals surface area contributed by atoms with Crippen LogP contribution in [-0.4, -0.2) is 58.6 Å². The Bertz CT molecular complexity index is 826. The highest BCUT2D eigenvalue weighted by molar-refractivity contribution is 7.15. The molecule has 152 valence electrons. The quantitative estimate of drug-likeness (QED) is 0.815. The van der Waals surface area contributed by atoms with Crippen molar-refractivity contribution < 1.29 is 4.79 Å². The lowest BCUT2D eigenvalue weighted by Crippen LogP contribution is -2.42. The number of aromatic nitrogens is 2. The van der Waals surface area contributed by atoms with Gasteiger partial charge in [-0.3, -0.25) is 9.89 Å². The first kappa shape index (κ1) is 19.6. The Morgan fingerprint density at radius 1 is 1.36 bits per heavy atom. The highest BCUT2D eigenvalue weighted by Gasteiger charge is 2.40. The molecule has 3 heterocycles. The van der Waals surface area contributed by atoms with Crippen LogP contribution in [-0.2, 0) is 0 Å². The molecule has 4 rings (SSSR count). The number of amides is 1. The number of hydrogen-bond acceptors (Lipinski definition) is 4. The molecule has 1 N–H and O–H groups in total. The maximum absolute atomic E-state index is 13.0. The molecule has 6 heteroatoms. The number of hydrogen-bond donors (Lipinski definition) is 1. The van der Waals surface area contributed by atoms with Crippen LogP contribution in [0.3, 0.4) is 0 Å². The number of aromatic amines is 1. The maximum Gasteiger partial charge on any atom is 0.274 e. The van der Waals surface area contributed by atoms with Crippen molar-refractivity contribution in [2.24, 2.45) is 17.8 Å². The van der Waals surface area contributed by atoms with Gasteiger partial charge in [-0.2, -0.15) is 5.10 Å². The lowest BCUT2D eigenvalue weighted by molar-refractivity contribution is 0.0621. The number of rotatable bonds is 5. The number of H-pyrrole nitrogens is 1. The van der Waals surface area contributed by atoms with Gasteiger partial charge in [-0.05, 0) is 69.2 Å². The van der Waals surface area contributed by atoms with Gasteiger partial charge < -0.3 is 9.80 Å². The number of carbonyl (C=O) groups excluding carboxylic acids is 1. The minimum atomic E-state index is 0.0770. The molecule has 1 saturated heterocycles. The van der Waals surface area contributed by atoms with Crippen molar-refractivity contribution >= 4 is 17.2 Å². The summed E-state index contributed by atoms with van der Waals surface area (Å²) in [5.74, 6) is 2.18. The topological polar surface area (TPSA) is 52.2 Å². The maximum atomic E-state index is 13.0. The van der Waals surface area contributed by atoms with Gasteiger partial charge in [0.05, 0.1) is 10.6 Å². The van der Waals surface area contributed by atoms with Crippen LogP contribution in [0.5, 0.6) is 0 Å². The van der Waals surface area contributed by atoms with E-state index < -0.39 is 0 Å². The number of thiophene rings is 1. The minimum absolute atomic E-state index is 0.0770. The highest BCUT2D eigenvalue weighted by Crippen LogP contribution is 2.40. The molecule has 0 bridgehead atoms. The van der Waals surface area contributed by atoms with E-state index in [0.29, 0.717) is 23.6 Å². The minimum Gasteiger partial charge on any atom is -0.337 e. The summed E-state index contributed by atoms with van der Waals surface area (Å²) >= 11 is 1.72. The third kappa shape index (κ3) is 4.03. The normalized spacial score (nSPS) is 24.9. The van der Waals surface area contributed by atoms with Crippen LogP contribution >= 0.6 is 11.3 Å². The predicted molar refractivity (Wildman–Crippen MR) is 115 cm³/mol. The molecule has 0 aromatic carbocycles. The fourth-order valence-corrected chi connectivity index (χ4v) is 5.85. The Kier molecular flexibility index (Phi) is 5.61. The van der Waals surface area contributed by atoms with Crippen LogP contribution < -0.4 is 0 Å². The third-order valence-electron chi connectivity index (χ3n) is 6.41. The number of carbonyl (C=O) groups is 1. The first-order chi connectivity index (χ1) is 13.4. The Labute approximate surface area is 172 Å². The molecule has 0 unspecified atom stereocenters. The van der Waals surface area contributed by atoms with Crippen molar-refractivity contribution in [2.45, 2.75) is 46.1 Å². The zero-order valence-electron chi connectivity index (χ0n) is 17.4. The van der Waals surface area contributed by atoms with E-state index in [-0.39, 0.29) is 5.91 Å². The Morgan fingerprint density at radius 3 is 2.86 bits per heavy atom. The van der Waals surface area contributed by atoms with E-state index in [0.717, 1.165) is 42.5 Å². The second kappa shape index (κ2) is 7.99. The van der Waals surface area contributed by atoms with Gasteiger partial charge in [0, 0.05) is 30.6 Å². The van der Waals surface area contributed by atoms with Crippen molar-refractivity contribution in [1.82, 2.24) is 20.0 Å². The summed E-state index contributed by atoms with van der Waals surface area (Å²) < 4.78 is 0. The number of nitrogens with zero attached hydrogens (tertiary/aromatic N) is 3. The van der Waals surface area contributed by atoms with Crippen LogP contribution in [0.1, 0.15) is 48.5 Å². The molecule has 1 aliphatic carbocycles. The van der Waals surface area contributed by atoms with Crippen molar-refractivity contribution in [3.05, 3.63) is 28.8 Å². The number of piperidine rings is 1. The molecule has 1 amide bonds. The van der Waals surface area contributed by atoms with Gasteiger partial charge in [0.25, 0.3) is 5.91 Å². The molecule has 1 saturated carbocycles. The zero-order chi connectivity index (χ0) is 19.8. The van der Waals surface area contributed by atoms with E-state index in [2.05, 4.69) is 55.0 Å². The van der Waals surface area contributed by atoms with Crippen molar-refractivity contribution in [3.63, 3.8) is 0 Å². The summed E-state index contributed by atoms with van der Waals surface area (Å²) in [5, 5.41) is 7.37. The molecule has 0 spiro atoms. The number of likely N-dealkylation sites (tertiary alicyclic amines) is 1. The second-order valence-electron chi connectivity index (χ2n) is 9.10. The van der Waals surface area contributed by atoms with Gasteiger partial charge in [0.1, 0.15) is 0 Å². The summed E-state index contributed by atoms with van der Waals surface area (Å²) in [6.45, 7) is 9.57. The van der Waals surface area contributed by atoms with Crippen molar-refractivity contribution in [1.29, 1.82) is 0 Å². The van der Waals surface area contributed by atoms with Gasteiger partial charge in [-0.1, -0.05) is 13.8 Å². The fraction of sp³-hybridized carbons (Fsp3) is 0.636. The second-order valence-corrected chi connectivity index (χ2v) is 10.4. The van der Waals surface area contributed by atoms with Crippen LogP contribution in [0, 0.1) is 24.7 Å². The van der Waals surface area contributed by atoms with E-state index in [1.54, 1.807) is 11.3 Å². The first-order valence-corrected chi connectivity index (χ1v) is 11.3. The van der Waals surface area contributed by atoms with Crippen LogP contribution in [0.4, 0.5) is 0 Å². The largest absolute Gasteiger partial charge is 0.337 e. The number of fused-ring (bicyclic) bond motifs is 1. The predicted octanol–water partition coefficient (Wildman–Crippen LogP) is 4.28. The summed E-state index contributed by atoms with van der Waals surface area (Å²) in [7, 11) is 2.27. The molecule has 3 atom stereocenters. The summed E-state index contributed by atoms with van der Waals surface area (Å²) in [4.78, 5) is 20.0. The Morgan fingerprint density at radius 2 is 2.14 bits per heavy atom. The monoisotopic (exact) mass is 400 g/mol. The van der Waals surface area contributed by atoms with Gasteiger partial charge in [-0.15, -0.1) is 11.3 Å². The van der Waals surface area contributed by atoms with Crippen LogP contribution in [0.2, 0.25) is 0 Å². The third-order valence-corrected chi connectivity index (χ3v) is 7.44. The summed E-state index contributed by atoms with van der Waals surface area (Å²) in [5.41, 5.74) is 1.48.